The molecular weight excluding hydrogens is 480 g/mol. The van der Waals surface area contributed by atoms with Crippen molar-refractivity contribution < 1.29 is 4.39 Å². The monoisotopic (exact) mass is 511 g/mol. The highest BCUT2D eigenvalue weighted by atomic mass is 127. The number of benzene rings is 1. The first-order chi connectivity index (χ1) is 13.6. The molecule has 0 saturated carbocycles. The molecule has 0 aliphatic carbocycles. The average Bonchev–Trinajstić information content (AvgIpc) is 2.72. The van der Waals surface area contributed by atoms with Gasteiger partial charge in [-0.05, 0) is 55.0 Å². The molecule has 0 spiro atoms. The number of aliphatic imine (C=N–C) groups is 1. The summed E-state index contributed by atoms with van der Waals surface area (Å²) in [4.78, 5) is 11.6. The Kier molecular flexibility index (Phi) is 9.63. The Labute approximate surface area is 190 Å². The van der Waals surface area contributed by atoms with Gasteiger partial charge in [0, 0.05) is 32.4 Å². The first kappa shape index (κ1) is 23.4. The molecule has 158 valence electrons. The quantitative estimate of drug-likeness (QED) is 0.345. The highest BCUT2D eigenvalue weighted by Gasteiger charge is 2.16. The highest BCUT2D eigenvalue weighted by molar-refractivity contribution is 14.0. The number of nitrogens with one attached hydrogen (secondary N) is 2. The maximum Gasteiger partial charge on any atom is 0.191 e. The third kappa shape index (κ3) is 7.45. The second kappa shape index (κ2) is 11.9. The summed E-state index contributed by atoms with van der Waals surface area (Å²) in [6.07, 6.45) is 4.39. The summed E-state index contributed by atoms with van der Waals surface area (Å²) in [6, 6.07) is 10.7. The van der Waals surface area contributed by atoms with Crippen LogP contribution in [0.5, 0.6) is 0 Å². The van der Waals surface area contributed by atoms with E-state index in [2.05, 4.69) is 44.6 Å². The van der Waals surface area contributed by atoms with Crippen molar-refractivity contribution in [1.82, 2.24) is 15.6 Å². The number of aromatic nitrogens is 1. The van der Waals surface area contributed by atoms with Crippen molar-refractivity contribution in [2.75, 3.05) is 24.5 Å². The van der Waals surface area contributed by atoms with Crippen LogP contribution in [0.15, 0.2) is 47.6 Å². The van der Waals surface area contributed by atoms with Gasteiger partial charge in [0.15, 0.2) is 5.96 Å². The number of halogens is 2. The van der Waals surface area contributed by atoms with Crippen LogP contribution in [0.1, 0.15) is 37.8 Å². The van der Waals surface area contributed by atoms with Crippen LogP contribution in [0, 0.1) is 11.7 Å². The van der Waals surface area contributed by atoms with E-state index in [1.54, 1.807) is 12.1 Å². The molecular formula is C22H31FIN5. The zero-order valence-corrected chi connectivity index (χ0v) is 19.5. The number of guanidine groups is 1. The third-order valence-corrected chi connectivity index (χ3v) is 5.05. The number of anilines is 1. The normalized spacial score (nSPS) is 15.0. The Morgan fingerprint density at radius 2 is 1.79 bits per heavy atom. The minimum Gasteiger partial charge on any atom is -0.357 e. The first-order valence-electron chi connectivity index (χ1n) is 10.1. The number of pyridine rings is 1. The smallest absolute Gasteiger partial charge is 0.191 e. The molecule has 1 aromatic heterocycles. The lowest BCUT2D eigenvalue weighted by atomic mass is 9.99. The maximum atomic E-state index is 13.0. The molecule has 0 atom stereocenters. The van der Waals surface area contributed by atoms with E-state index in [0.717, 1.165) is 48.5 Å². The molecule has 2 heterocycles. The van der Waals surface area contributed by atoms with Crippen LogP contribution in [-0.2, 0) is 13.1 Å². The van der Waals surface area contributed by atoms with Crippen LogP contribution in [0.3, 0.4) is 0 Å². The van der Waals surface area contributed by atoms with E-state index in [1.807, 2.05) is 13.1 Å². The number of nitrogens with zero attached hydrogens (tertiary/aromatic N) is 3. The number of piperidine rings is 1. The molecule has 1 aliphatic rings. The third-order valence-electron chi connectivity index (χ3n) is 5.05. The predicted molar refractivity (Wildman–Crippen MR) is 128 cm³/mol. The van der Waals surface area contributed by atoms with E-state index < -0.39 is 0 Å². The number of rotatable bonds is 6. The van der Waals surface area contributed by atoms with Crippen molar-refractivity contribution in [3.63, 3.8) is 0 Å². The molecule has 0 radical (unpaired) electrons. The fourth-order valence-corrected chi connectivity index (χ4v) is 3.24. The summed E-state index contributed by atoms with van der Waals surface area (Å²) in [7, 11) is 0. The predicted octanol–water partition coefficient (Wildman–Crippen LogP) is 4.33. The van der Waals surface area contributed by atoms with Gasteiger partial charge in [0.05, 0.1) is 6.54 Å². The van der Waals surface area contributed by atoms with Crippen molar-refractivity contribution >= 4 is 35.8 Å². The standard InChI is InChI=1S/C22H30FN5.HI/c1-3-24-22(26-14-18-4-7-20(23)8-5-18)27-16-19-6-9-21(25-15-19)28-12-10-17(2)11-13-28;/h4-9,15,17H,3,10-14,16H2,1-2H3,(H2,24,26,27);1H. The molecule has 0 bridgehead atoms. The van der Waals surface area contributed by atoms with E-state index in [4.69, 9.17) is 0 Å². The van der Waals surface area contributed by atoms with Crippen molar-refractivity contribution in [3.8, 4) is 0 Å². The Morgan fingerprint density at radius 3 is 2.41 bits per heavy atom. The largest absolute Gasteiger partial charge is 0.357 e. The highest BCUT2D eigenvalue weighted by Crippen LogP contribution is 2.21. The zero-order valence-electron chi connectivity index (χ0n) is 17.2. The fourth-order valence-electron chi connectivity index (χ4n) is 3.24. The van der Waals surface area contributed by atoms with E-state index in [-0.39, 0.29) is 29.8 Å². The van der Waals surface area contributed by atoms with Gasteiger partial charge in [0.25, 0.3) is 0 Å². The van der Waals surface area contributed by atoms with Crippen LogP contribution >= 0.6 is 24.0 Å². The van der Waals surface area contributed by atoms with Gasteiger partial charge in [-0.15, -0.1) is 24.0 Å². The molecule has 1 aromatic carbocycles. The van der Waals surface area contributed by atoms with Gasteiger partial charge in [0.1, 0.15) is 11.6 Å². The Morgan fingerprint density at radius 1 is 1.10 bits per heavy atom. The van der Waals surface area contributed by atoms with Crippen LogP contribution < -0.4 is 15.5 Å². The summed E-state index contributed by atoms with van der Waals surface area (Å²) in [5.74, 6) is 2.39. The molecule has 1 aliphatic heterocycles. The summed E-state index contributed by atoms with van der Waals surface area (Å²) >= 11 is 0. The molecule has 3 rings (SSSR count). The fraction of sp³-hybridized carbons (Fsp3) is 0.455. The van der Waals surface area contributed by atoms with Gasteiger partial charge in [-0.25, -0.2) is 14.4 Å². The van der Waals surface area contributed by atoms with E-state index in [9.17, 15) is 4.39 Å². The minimum absolute atomic E-state index is 0. The molecule has 29 heavy (non-hydrogen) atoms. The summed E-state index contributed by atoms with van der Waals surface area (Å²) in [6.45, 7) is 8.45. The molecule has 1 fully saturated rings. The Hall–Kier alpha value is -1.90. The minimum atomic E-state index is -0.223. The van der Waals surface area contributed by atoms with Crippen LogP contribution in [0.25, 0.3) is 0 Å². The van der Waals surface area contributed by atoms with Gasteiger partial charge in [-0.2, -0.15) is 0 Å². The van der Waals surface area contributed by atoms with Crippen molar-refractivity contribution in [2.45, 2.75) is 39.8 Å². The van der Waals surface area contributed by atoms with Crippen molar-refractivity contribution in [2.24, 2.45) is 10.9 Å². The molecule has 0 unspecified atom stereocenters. The zero-order chi connectivity index (χ0) is 19.8. The number of hydrogen-bond donors (Lipinski definition) is 2. The lowest BCUT2D eigenvalue weighted by Gasteiger charge is -2.31. The molecule has 0 amide bonds. The second-order valence-corrected chi connectivity index (χ2v) is 7.37. The van der Waals surface area contributed by atoms with Gasteiger partial charge in [-0.3, -0.25) is 0 Å². The second-order valence-electron chi connectivity index (χ2n) is 7.37. The van der Waals surface area contributed by atoms with E-state index >= 15 is 0 Å². The summed E-state index contributed by atoms with van der Waals surface area (Å²) in [5.41, 5.74) is 2.09. The van der Waals surface area contributed by atoms with E-state index in [0.29, 0.717) is 13.1 Å². The Balaban J connectivity index is 0.00000300. The summed E-state index contributed by atoms with van der Waals surface area (Å²) in [5, 5.41) is 6.52. The molecule has 7 heteroatoms. The lowest BCUT2D eigenvalue weighted by molar-refractivity contribution is 0.436. The SMILES string of the molecule is CCNC(=NCc1ccc(N2CCC(C)CC2)nc1)NCc1ccc(F)cc1.I. The molecule has 2 aromatic rings. The first-order valence-corrected chi connectivity index (χ1v) is 10.1. The van der Waals surface area contributed by atoms with Crippen molar-refractivity contribution in [3.05, 3.63) is 59.5 Å². The van der Waals surface area contributed by atoms with Gasteiger partial charge >= 0.3 is 0 Å². The topological polar surface area (TPSA) is 52.6 Å². The molecule has 2 N–H and O–H groups in total. The van der Waals surface area contributed by atoms with Crippen molar-refractivity contribution in [1.29, 1.82) is 0 Å². The Bertz CT molecular complexity index is 756. The van der Waals surface area contributed by atoms with Crippen LogP contribution in [-0.4, -0.2) is 30.6 Å². The van der Waals surface area contributed by atoms with Crippen LogP contribution in [0.2, 0.25) is 0 Å². The molecule has 5 nitrogen and oxygen atoms in total. The lowest BCUT2D eigenvalue weighted by Crippen LogP contribution is -2.36. The van der Waals surface area contributed by atoms with E-state index in [1.165, 1.54) is 25.0 Å². The number of hydrogen-bond acceptors (Lipinski definition) is 3. The van der Waals surface area contributed by atoms with Gasteiger partial charge in [0.2, 0.25) is 0 Å². The maximum absolute atomic E-state index is 13.0. The average molecular weight is 511 g/mol. The van der Waals surface area contributed by atoms with Gasteiger partial charge in [-0.1, -0.05) is 25.1 Å². The molecule has 1 saturated heterocycles. The summed E-state index contributed by atoms with van der Waals surface area (Å²) < 4.78 is 13.0. The van der Waals surface area contributed by atoms with Gasteiger partial charge < -0.3 is 15.5 Å². The van der Waals surface area contributed by atoms with Crippen LogP contribution in [0.4, 0.5) is 10.2 Å².